The fourth-order valence-electron chi connectivity index (χ4n) is 3.79. The van der Waals surface area contributed by atoms with E-state index >= 15 is 0 Å². The van der Waals surface area contributed by atoms with E-state index in [4.69, 9.17) is 9.53 Å². The average molecular weight is 430 g/mol. The van der Waals surface area contributed by atoms with Gasteiger partial charge in [0.2, 0.25) is 0 Å². The van der Waals surface area contributed by atoms with Gasteiger partial charge >= 0.3 is 12.0 Å². The Morgan fingerprint density at radius 3 is 2.53 bits per heavy atom. The molecule has 0 unspecified atom stereocenters. The molecule has 0 aliphatic carbocycles. The number of fused-ring (bicyclic) bond motifs is 2. The lowest BCUT2D eigenvalue weighted by Crippen LogP contribution is -2.40. The molecule has 0 spiro atoms. The number of anilines is 1. The molecule has 3 heterocycles. The molecule has 1 atom stereocenters. The largest absolute Gasteiger partial charge is 0.467 e. The first-order valence-electron chi connectivity index (χ1n) is 9.93. The third-order valence-corrected chi connectivity index (χ3v) is 5.46. The number of hydrogen-bond donors (Lipinski definition) is 2. The molecule has 0 saturated carbocycles. The molecule has 5 rings (SSSR count). The molecule has 2 N–H and O–H groups in total. The summed E-state index contributed by atoms with van der Waals surface area (Å²) in [5.41, 5.74) is 5.31. The molecule has 9 nitrogen and oxygen atoms in total. The zero-order valence-electron chi connectivity index (χ0n) is 17.7. The Morgan fingerprint density at radius 2 is 1.84 bits per heavy atom. The van der Waals surface area contributed by atoms with Crippen molar-refractivity contribution in [2.75, 3.05) is 12.4 Å². The van der Waals surface area contributed by atoms with Crippen molar-refractivity contribution >= 4 is 29.4 Å². The van der Waals surface area contributed by atoms with Gasteiger partial charge in [-0.05, 0) is 30.2 Å². The molecular weight excluding hydrogens is 408 g/mol. The predicted molar refractivity (Wildman–Crippen MR) is 120 cm³/mol. The number of urea groups is 1. The molecule has 2 aromatic heterocycles. The predicted octanol–water partition coefficient (Wildman–Crippen LogP) is 3.95. The van der Waals surface area contributed by atoms with Crippen molar-refractivity contribution in [1.29, 1.82) is 0 Å². The van der Waals surface area contributed by atoms with Gasteiger partial charge in [0, 0.05) is 29.0 Å². The summed E-state index contributed by atoms with van der Waals surface area (Å²) in [5, 5.41) is 11.4. The van der Waals surface area contributed by atoms with Gasteiger partial charge in [0.15, 0.2) is 0 Å². The number of ether oxygens (including phenoxy) is 1. The molecule has 1 aliphatic rings. The van der Waals surface area contributed by atoms with Gasteiger partial charge in [-0.1, -0.05) is 30.3 Å². The second kappa shape index (κ2) is 8.84. The third kappa shape index (κ3) is 3.76. The van der Waals surface area contributed by atoms with E-state index < -0.39 is 0 Å². The Hall–Kier alpha value is -4.27. The molecule has 0 fully saturated rings. The van der Waals surface area contributed by atoms with Crippen LogP contribution in [-0.2, 0) is 11.3 Å². The van der Waals surface area contributed by atoms with Crippen LogP contribution in [0.2, 0.25) is 0 Å². The number of methoxy groups -OCH3 is 1. The summed E-state index contributed by atoms with van der Waals surface area (Å²) >= 11 is 0. The number of aromatic amines is 1. The maximum atomic E-state index is 12.8. The number of amides is 2. The Morgan fingerprint density at radius 1 is 1.12 bits per heavy atom. The van der Waals surface area contributed by atoms with E-state index in [0.29, 0.717) is 12.6 Å². The second-order valence-electron chi connectivity index (χ2n) is 7.23. The molecule has 2 amide bonds. The highest BCUT2D eigenvalue weighted by molar-refractivity contribution is 6.00. The van der Waals surface area contributed by atoms with Gasteiger partial charge in [-0.3, -0.25) is 5.10 Å². The summed E-state index contributed by atoms with van der Waals surface area (Å²) in [4.78, 5) is 30.9. The van der Waals surface area contributed by atoms with Crippen molar-refractivity contribution in [2.45, 2.75) is 19.5 Å². The first-order valence-corrected chi connectivity index (χ1v) is 9.93. The van der Waals surface area contributed by atoms with Gasteiger partial charge in [0.25, 0.3) is 0 Å². The number of nitrogens with zero attached hydrogens (tertiary/aromatic N) is 4. The maximum absolute atomic E-state index is 12.8. The standard InChI is InChI=1S/C22H20N6O2.CH2O/c1-13(14-6-4-3-5-7-14)28-12-15-8-17-19(9-18(15)25-22(28)29)26-27-20(17)16-10-23-21(30-2)24-11-16;1-2/h3-11,13H,12H2,1-2H3,(H,25,29)(H,26,27);1H2/t13-;/m1./s1. The first kappa shape index (κ1) is 21.0. The highest BCUT2D eigenvalue weighted by Gasteiger charge is 2.28. The summed E-state index contributed by atoms with van der Waals surface area (Å²) in [5.74, 6) is 0. The Balaban J connectivity index is 0.00000119. The number of rotatable bonds is 4. The van der Waals surface area contributed by atoms with Crippen LogP contribution in [0, 0.1) is 0 Å². The lowest BCUT2D eigenvalue weighted by Gasteiger charge is -2.34. The van der Waals surface area contributed by atoms with Gasteiger partial charge < -0.3 is 19.7 Å². The van der Waals surface area contributed by atoms with Crippen molar-refractivity contribution in [3.8, 4) is 17.3 Å². The SMILES string of the molecule is C=O.COc1ncc(-c2n[nH]c3cc4c(cc23)CN([C@H](C)c2ccccc2)C(=O)N4)cn1. The van der Waals surface area contributed by atoms with E-state index in [9.17, 15) is 4.79 Å². The molecule has 4 aromatic rings. The number of carbonyl (C=O) groups is 2. The summed E-state index contributed by atoms with van der Waals surface area (Å²) in [6.45, 7) is 4.55. The minimum Gasteiger partial charge on any atom is -0.467 e. The molecule has 0 bridgehead atoms. The Labute approximate surface area is 184 Å². The maximum Gasteiger partial charge on any atom is 0.322 e. The smallest absolute Gasteiger partial charge is 0.322 e. The zero-order valence-corrected chi connectivity index (χ0v) is 17.7. The zero-order chi connectivity index (χ0) is 22.7. The third-order valence-electron chi connectivity index (χ3n) is 5.46. The van der Waals surface area contributed by atoms with Crippen LogP contribution in [-0.4, -0.2) is 45.0 Å². The van der Waals surface area contributed by atoms with E-state index in [-0.39, 0.29) is 12.1 Å². The Kier molecular flexibility index (Phi) is 5.80. The highest BCUT2D eigenvalue weighted by atomic mass is 16.5. The number of nitrogens with one attached hydrogen (secondary N) is 2. The van der Waals surface area contributed by atoms with E-state index in [1.165, 1.54) is 7.11 Å². The lowest BCUT2D eigenvalue weighted by atomic mass is 10.0. The molecule has 9 heteroatoms. The molecule has 0 saturated heterocycles. The minimum atomic E-state index is -0.110. The van der Waals surface area contributed by atoms with Gasteiger partial charge in [-0.15, -0.1) is 0 Å². The van der Waals surface area contributed by atoms with Crippen LogP contribution in [0.25, 0.3) is 22.2 Å². The van der Waals surface area contributed by atoms with Crippen LogP contribution in [0.15, 0.2) is 54.9 Å². The topological polar surface area (TPSA) is 113 Å². The second-order valence-corrected chi connectivity index (χ2v) is 7.23. The highest BCUT2D eigenvalue weighted by Crippen LogP contribution is 2.35. The normalized spacial score (nSPS) is 13.6. The minimum absolute atomic E-state index is 0.0474. The van der Waals surface area contributed by atoms with Crippen LogP contribution in [0.4, 0.5) is 10.5 Å². The number of benzene rings is 2. The summed E-state index contributed by atoms with van der Waals surface area (Å²) in [6, 6.07) is 14.2. The first-order chi connectivity index (χ1) is 15.6. The lowest BCUT2D eigenvalue weighted by molar-refractivity contribution is -0.0980. The number of hydrogen-bond acceptors (Lipinski definition) is 6. The fourth-order valence-corrected chi connectivity index (χ4v) is 3.79. The average Bonchev–Trinajstić information content (AvgIpc) is 3.26. The number of carbonyl (C=O) groups excluding carboxylic acids is 2. The monoisotopic (exact) mass is 430 g/mol. The van der Waals surface area contributed by atoms with Crippen molar-refractivity contribution in [3.05, 3.63) is 66.0 Å². The van der Waals surface area contributed by atoms with Gasteiger partial charge in [0.05, 0.1) is 25.2 Å². The number of H-pyrrole nitrogens is 1. The van der Waals surface area contributed by atoms with E-state index in [0.717, 1.165) is 39.0 Å². The fraction of sp³-hybridized carbons (Fsp3) is 0.174. The van der Waals surface area contributed by atoms with Crippen LogP contribution < -0.4 is 10.1 Å². The van der Waals surface area contributed by atoms with Crippen LogP contribution in [0.3, 0.4) is 0 Å². The van der Waals surface area contributed by atoms with Crippen LogP contribution in [0.5, 0.6) is 6.01 Å². The number of aromatic nitrogens is 4. The van der Waals surface area contributed by atoms with Gasteiger partial charge in [-0.25, -0.2) is 14.8 Å². The van der Waals surface area contributed by atoms with Crippen molar-refractivity contribution in [3.63, 3.8) is 0 Å². The van der Waals surface area contributed by atoms with Crippen molar-refractivity contribution < 1.29 is 14.3 Å². The molecular formula is C23H22N6O3. The summed E-state index contributed by atoms with van der Waals surface area (Å²) in [6.07, 6.45) is 3.37. The van der Waals surface area contributed by atoms with E-state index in [1.54, 1.807) is 12.4 Å². The quantitative estimate of drug-likeness (QED) is 0.507. The van der Waals surface area contributed by atoms with Gasteiger partial charge in [0.1, 0.15) is 12.5 Å². The van der Waals surface area contributed by atoms with E-state index in [1.807, 2.05) is 55.0 Å². The van der Waals surface area contributed by atoms with Crippen LogP contribution in [0.1, 0.15) is 24.1 Å². The van der Waals surface area contributed by atoms with Gasteiger partial charge in [-0.2, -0.15) is 5.10 Å². The Bertz CT molecular complexity index is 1240. The van der Waals surface area contributed by atoms with E-state index in [2.05, 4.69) is 31.5 Å². The summed E-state index contributed by atoms with van der Waals surface area (Å²) < 4.78 is 5.03. The molecule has 162 valence electrons. The van der Waals surface area contributed by atoms with Crippen LogP contribution >= 0.6 is 0 Å². The van der Waals surface area contributed by atoms with Crippen molar-refractivity contribution in [2.24, 2.45) is 0 Å². The summed E-state index contributed by atoms with van der Waals surface area (Å²) in [7, 11) is 1.53. The molecule has 32 heavy (non-hydrogen) atoms. The molecule has 0 radical (unpaired) electrons. The molecule has 2 aromatic carbocycles. The molecule has 1 aliphatic heterocycles. The van der Waals surface area contributed by atoms with Crippen molar-refractivity contribution in [1.82, 2.24) is 25.1 Å².